The van der Waals surface area contributed by atoms with E-state index in [-0.39, 0.29) is 28.7 Å². The Bertz CT molecular complexity index is 1330. The van der Waals surface area contributed by atoms with E-state index in [4.69, 9.17) is 32.7 Å². The summed E-state index contributed by atoms with van der Waals surface area (Å²) >= 11 is 13.1. The van der Waals surface area contributed by atoms with E-state index in [0.29, 0.717) is 49.5 Å². The van der Waals surface area contributed by atoms with Crippen molar-refractivity contribution in [3.63, 3.8) is 0 Å². The van der Waals surface area contributed by atoms with Crippen LogP contribution in [0.3, 0.4) is 0 Å². The standard InChI is InChI=1S/C35H45Cl2NO6S/c1-23(39)35(15-12-30-28-9-4-24-20-26(40)10-13-33(24,2)29(28)11-14-34(30,35)3)44-31(41)21-43-32(42)22-45-27-7-5-25(6-8-27)38(18-16-36)19-17-37/h5-8,20,28-30H,4,9-19,21-22H2,1-3H3/t28-,29+,30+,33+,34+,35+/m1/s1. The molecule has 5 rings (SSSR count). The van der Waals surface area contributed by atoms with E-state index in [1.165, 1.54) is 24.3 Å². The summed E-state index contributed by atoms with van der Waals surface area (Å²) < 4.78 is 11.4. The molecule has 0 radical (unpaired) electrons. The average Bonchev–Trinajstić information content (AvgIpc) is 3.32. The summed E-state index contributed by atoms with van der Waals surface area (Å²) in [6.07, 6.45) is 8.36. The molecule has 45 heavy (non-hydrogen) atoms. The van der Waals surface area contributed by atoms with Crippen LogP contribution in [0.15, 0.2) is 40.8 Å². The van der Waals surface area contributed by atoms with Crippen molar-refractivity contribution in [1.82, 2.24) is 0 Å². The summed E-state index contributed by atoms with van der Waals surface area (Å²) in [7, 11) is 0. The molecule has 0 saturated heterocycles. The molecule has 0 spiro atoms. The number of halogens is 2. The number of rotatable bonds is 12. The van der Waals surface area contributed by atoms with E-state index >= 15 is 0 Å². The number of anilines is 1. The lowest BCUT2D eigenvalue weighted by atomic mass is 9.46. The number of allylic oxidation sites excluding steroid dienone is 1. The van der Waals surface area contributed by atoms with Crippen molar-refractivity contribution < 1.29 is 28.7 Å². The molecule has 4 aliphatic carbocycles. The quantitative estimate of drug-likeness (QED) is 0.133. The first-order chi connectivity index (χ1) is 21.5. The summed E-state index contributed by atoms with van der Waals surface area (Å²) in [6.45, 7) is 6.85. The number of hydrogen-bond donors (Lipinski definition) is 0. The average molecular weight is 679 g/mol. The summed E-state index contributed by atoms with van der Waals surface area (Å²) in [6, 6.07) is 7.79. The monoisotopic (exact) mass is 677 g/mol. The lowest BCUT2D eigenvalue weighted by molar-refractivity contribution is -0.192. The van der Waals surface area contributed by atoms with Gasteiger partial charge in [-0.15, -0.1) is 35.0 Å². The smallest absolute Gasteiger partial charge is 0.345 e. The van der Waals surface area contributed by atoms with E-state index in [1.54, 1.807) is 0 Å². The fourth-order valence-corrected chi connectivity index (χ4v) is 10.4. The minimum Gasteiger partial charge on any atom is -0.453 e. The molecule has 0 aliphatic heterocycles. The minimum atomic E-state index is -1.22. The van der Waals surface area contributed by atoms with Crippen LogP contribution in [-0.4, -0.2) is 66.3 Å². The maximum Gasteiger partial charge on any atom is 0.345 e. The zero-order chi connectivity index (χ0) is 32.4. The maximum atomic E-state index is 13.3. The zero-order valence-electron chi connectivity index (χ0n) is 26.6. The molecule has 3 saturated carbocycles. The van der Waals surface area contributed by atoms with Gasteiger partial charge >= 0.3 is 11.9 Å². The van der Waals surface area contributed by atoms with Gasteiger partial charge in [-0.3, -0.25) is 14.4 Å². The number of thioether (sulfide) groups is 1. The van der Waals surface area contributed by atoms with Gasteiger partial charge in [-0.25, -0.2) is 4.79 Å². The first kappa shape index (κ1) is 34.3. The number of nitrogens with zero attached hydrogens (tertiary/aromatic N) is 1. The van der Waals surface area contributed by atoms with Crippen LogP contribution < -0.4 is 4.90 Å². The van der Waals surface area contributed by atoms with Gasteiger partial charge in [-0.05, 0) is 105 Å². The molecule has 0 heterocycles. The van der Waals surface area contributed by atoms with Gasteiger partial charge in [-0.1, -0.05) is 19.4 Å². The van der Waals surface area contributed by atoms with Crippen molar-refractivity contribution in [2.24, 2.45) is 28.6 Å². The molecule has 7 nitrogen and oxygen atoms in total. The SMILES string of the molecule is CC(=O)[C@@]1(OC(=O)COC(=O)CSc2ccc(N(CCCl)CCCl)cc2)CC[C@H]2[C@@H]3CCC4=CC(=O)CC[C@]4(C)[C@H]3CC[C@@]21C. The molecular formula is C35H45Cl2NO6S. The largest absolute Gasteiger partial charge is 0.453 e. The number of ether oxygens (including phenoxy) is 2. The van der Waals surface area contributed by atoms with Crippen LogP contribution >= 0.6 is 35.0 Å². The third-order valence-electron chi connectivity index (χ3n) is 11.6. The van der Waals surface area contributed by atoms with Crippen LogP contribution in [0.5, 0.6) is 0 Å². The molecule has 3 fully saturated rings. The van der Waals surface area contributed by atoms with E-state index in [1.807, 2.05) is 30.3 Å². The zero-order valence-corrected chi connectivity index (χ0v) is 28.9. The summed E-state index contributed by atoms with van der Waals surface area (Å²) in [5.74, 6) is 1.09. The normalized spacial score (nSPS) is 32.1. The summed E-state index contributed by atoms with van der Waals surface area (Å²) in [4.78, 5) is 54.2. The Labute approximate surface area is 281 Å². The molecular weight excluding hydrogens is 633 g/mol. The van der Waals surface area contributed by atoms with Crippen LogP contribution in [0.25, 0.3) is 0 Å². The van der Waals surface area contributed by atoms with Crippen LogP contribution in [0.2, 0.25) is 0 Å². The van der Waals surface area contributed by atoms with Crippen molar-refractivity contribution in [3.05, 3.63) is 35.9 Å². The third-order valence-corrected chi connectivity index (χ3v) is 12.9. The van der Waals surface area contributed by atoms with Gasteiger partial charge in [-0.2, -0.15) is 0 Å². The molecule has 0 unspecified atom stereocenters. The Hall–Kier alpha value is -2.03. The van der Waals surface area contributed by atoms with Crippen molar-refractivity contribution in [2.45, 2.75) is 82.6 Å². The molecule has 4 aliphatic rings. The predicted octanol–water partition coefficient (Wildman–Crippen LogP) is 7.01. The Morgan fingerprint density at radius 1 is 0.933 bits per heavy atom. The summed E-state index contributed by atoms with van der Waals surface area (Å²) in [5, 5.41) is 0. The van der Waals surface area contributed by atoms with Crippen molar-refractivity contribution >= 4 is 64.2 Å². The van der Waals surface area contributed by atoms with Crippen molar-refractivity contribution in [2.75, 3.05) is 42.1 Å². The topological polar surface area (TPSA) is 90.0 Å². The van der Waals surface area contributed by atoms with Crippen LogP contribution in [0.4, 0.5) is 5.69 Å². The fourth-order valence-electron chi connectivity index (χ4n) is 9.25. The van der Waals surface area contributed by atoms with E-state index in [9.17, 15) is 19.2 Å². The molecule has 1 aromatic carbocycles. The Morgan fingerprint density at radius 2 is 1.62 bits per heavy atom. The summed E-state index contributed by atoms with van der Waals surface area (Å²) in [5.41, 5.74) is 0.639. The van der Waals surface area contributed by atoms with E-state index in [0.717, 1.165) is 49.1 Å². The van der Waals surface area contributed by atoms with Crippen LogP contribution in [-0.2, 0) is 28.7 Å². The van der Waals surface area contributed by atoms with E-state index < -0.39 is 29.6 Å². The number of hydrogen-bond acceptors (Lipinski definition) is 8. The Balaban J connectivity index is 1.17. The number of alkyl halides is 2. The lowest BCUT2D eigenvalue weighted by Gasteiger charge is -2.59. The van der Waals surface area contributed by atoms with Crippen LogP contribution in [0, 0.1) is 28.6 Å². The highest BCUT2D eigenvalue weighted by Gasteiger charge is 2.67. The Kier molecular flexibility index (Phi) is 10.7. The molecule has 1 aromatic rings. The lowest BCUT2D eigenvalue weighted by Crippen LogP contribution is -2.59. The number of Topliss-reactive ketones (excluding diaryl/α,β-unsaturated/α-hetero) is 1. The molecule has 0 amide bonds. The van der Waals surface area contributed by atoms with Crippen molar-refractivity contribution in [3.8, 4) is 0 Å². The second-order valence-electron chi connectivity index (χ2n) is 13.6. The second kappa shape index (κ2) is 14.0. The highest BCUT2D eigenvalue weighted by atomic mass is 35.5. The van der Waals surface area contributed by atoms with Gasteiger partial charge in [0.05, 0.1) is 5.75 Å². The number of fused-ring (bicyclic) bond motifs is 5. The number of carbonyl (C=O) groups is 4. The molecule has 0 bridgehead atoms. The fraction of sp³-hybridized carbons (Fsp3) is 0.657. The van der Waals surface area contributed by atoms with Gasteiger partial charge in [0, 0.05) is 47.3 Å². The van der Waals surface area contributed by atoms with Gasteiger partial charge in [0.2, 0.25) is 0 Å². The highest BCUT2D eigenvalue weighted by Crippen LogP contribution is 2.68. The minimum absolute atomic E-state index is 0.0271. The van der Waals surface area contributed by atoms with Gasteiger partial charge in [0.15, 0.2) is 23.8 Å². The van der Waals surface area contributed by atoms with Crippen LogP contribution in [0.1, 0.15) is 72.1 Å². The number of ketones is 2. The second-order valence-corrected chi connectivity index (χ2v) is 15.4. The van der Waals surface area contributed by atoms with E-state index in [2.05, 4.69) is 18.7 Å². The molecule has 0 N–H and O–H groups in total. The molecule has 0 aromatic heterocycles. The predicted molar refractivity (Wildman–Crippen MR) is 178 cm³/mol. The molecule has 246 valence electrons. The molecule has 6 atom stereocenters. The molecule has 10 heteroatoms. The van der Waals surface area contributed by atoms with Crippen molar-refractivity contribution in [1.29, 1.82) is 0 Å². The highest BCUT2D eigenvalue weighted by molar-refractivity contribution is 8.00. The Morgan fingerprint density at radius 3 is 2.29 bits per heavy atom. The number of benzene rings is 1. The maximum absolute atomic E-state index is 13.3. The van der Waals surface area contributed by atoms with Gasteiger partial charge in [0.1, 0.15) is 0 Å². The number of carbonyl (C=O) groups excluding carboxylic acids is 4. The first-order valence-electron chi connectivity index (χ1n) is 16.2. The first-order valence-corrected chi connectivity index (χ1v) is 18.2. The van der Waals surface area contributed by atoms with Gasteiger partial charge in [0.25, 0.3) is 0 Å². The number of esters is 2. The van der Waals surface area contributed by atoms with Gasteiger partial charge < -0.3 is 14.4 Å². The third kappa shape index (κ3) is 6.58.